The van der Waals surface area contributed by atoms with Crippen LogP contribution in [-0.4, -0.2) is 5.78 Å². The fourth-order valence-corrected chi connectivity index (χ4v) is 1.11. The minimum absolute atomic E-state index is 0.0376. The lowest BCUT2D eigenvalue weighted by atomic mass is 10.1. The van der Waals surface area contributed by atoms with E-state index >= 15 is 0 Å². The van der Waals surface area contributed by atoms with Crippen LogP contribution in [0.3, 0.4) is 0 Å². The largest absolute Gasteiger partial charge is 0.294 e. The van der Waals surface area contributed by atoms with Gasteiger partial charge in [-0.2, -0.15) is 0 Å². The minimum Gasteiger partial charge on any atom is -0.294 e. The summed E-state index contributed by atoms with van der Waals surface area (Å²) in [6.45, 7) is 1.27. The number of rotatable bonds is 1. The van der Waals surface area contributed by atoms with E-state index in [0.717, 1.165) is 0 Å². The Bertz CT molecular complexity index is 336. The third-order valence-electron chi connectivity index (χ3n) is 1.41. The van der Waals surface area contributed by atoms with Gasteiger partial charge in [0.2, 0.25) is 0 Å². The van der Waals surface area contributed by atoms with Crippen LogP contribution in [0.25, 0.3) is 0 Å². The van der Waals surface area contributed by atoms with Crippen LogP contribution in [0.5, 0.6) is 0 Å². The molecule has 12 heavy (non-hydrogen) atoms. The molecule has 0 saturated heterocycles. The van der Waals surface area contributed by atoms with Crippen molar-refractivity contribution >= 4 is 29.0 Å². The molecule has 0 heterocycles. The van der Waals surface area contributed by atoms with E-state index in [1.807, 2.05) is 0 Å². The summed E-state index contributed by atoms with van der Waals surface area (Å²) in [5.74, 6) is -1.12. The number of ketones is 1. The fourth-order valence-electron chi connectivity index (χ4n) is 0.798. The number of hydrogen-bond donors (Lipinski definition) is 0. The number of halogens is 3. The van der Waals surface area contributed by atoms with Gasteiger partial charge in [-0.05, 0) is 19.1 Å². The van der Waals surface area contributed by atoms with E-state index in [1.165, 1.54) is 19.1 Å². The highest BCUT2D eigenvalue weighted by atomic mass is 35.5. The predicted octanol–water partition coefficient (Wildman–Crippen LogP) is 3.34. The number of hydrogen-bond acceptors (Lipinski definition) is 1. The Kier molecular flexibility index (Phi) is 2.70. The molecule has 0 aliphatic heterocycles. The lowest BCUT2D eigenvalue weighted by Crippen LogP contribution is -1.97. The third kappa shape index (κ3) is 1.59. The summed E-state index contributed by atoms with van der Waals surface area (Å²) >= 11 is 11.0. The maximum atomic E-state index is 13.1. The zero-order valence-electron chi connectivity index (χ0n) is 6.20. The Morgan fingerprint density at radius 2 is 2.00 bits per heavy atom. The predicted molar refractivity (Wildman–Crippen MR) is 46.4 cm³/mol. The zero-order valence-corrected chi connectivity index (χ0v) is 7.71. The van der Waals surface area contributed by atoms with E-state index in [9.17, 15) is 9.18 Å². The maximum Gasteiger partial charge on any atom is 0.162 e. The normalized spacial score (nSPS) is 10.0. The molecular weight excluding hydrogens is 202 g/mol. The van der Waals surface area contributed by atoms with E-state index in [0.29, 0.717) is 0 Å². The van der Waals surface area contributed by atoms with Crippen LogP contribution in [0, 0.1) is 5.82 Å². The first-order chi connectivity index (χ1) is 5.54. The second-order valence-corrected chi connectivity index (χ2v) is 3.06. The van der Waals surface area contributed by atoms with Crippen LogP contribution in [0.1, 0.15) is 17.3 Å². The molecule has 0 aliphatic rings. The van der Waals surface area contributed by atoms with Gasteiger partial charge >= 0.3 is 0 Å². The van der Waals surface area contributed by atoms with Gasteiger partial charge in [-0.15, -0.1) is 0 Å². The highest BCUT2D eigenvalue weighted by Gasteiger charge is 2.12. The van der Waals surface area contributed by atoms with Gasteiger partial charge < -0.3 is 0 Å². The second kappa shape index (κ2) is 3.42. The SMILES string of the molecule is CC(=O)c1ccc(Cl)c(Cl)c1F. The molecule has 0 spiro atoms. The molecule has 1 rings (SSSR count). The summed E-state index contributed by atoms with van der Waals surface area (Å²) in [7, 11) is 0. The number of Topliss-reactive ketones (excluding diaryl/α,β-unsaturated/α-hetero) is 1. The van der Waals surface area contributed by atoms with Crippen LogP contribution in [-0.2, 0) is 0 Å². The third-order valence-corrected chi connectivity index (χ3v) is 2.20. The van der Waals surface area contributed by atoms with E-state index in [4.69, 9.17) is 23.2 Å². The van der Waals surface area contributed by atoms with Crippen molar-refractivity contribution in [2.24, 2.45) is 0 Å². The molecular formula is C8H5Cl2FO. The lowest BCUT2D eigenvalue weighted by molar-refractivity contribution is 0.101. The highest BCUT2D eigenvalue weighted by molar-refractivity contribution is 6.42. The molecule has 0 fully saturated rings. The molecule has 0 unspecified atom stereocenters. The Hall–Kier alpha value is -0.600. The number of benzene rings is 1. The van der Waals surface area contributed by atoms with E-state index in [2.05, 4.69) is 0 Å². The quantitative estimate of drug-likeness (QED) is 0.509. The van der Waals surface area contributed by atoms with Crippen molar-refractivity contribution < 1.29 is 9.18 Å². The van der Waals surface area contributed by atoms with Gasteiger partial charge in [0.05, 0.1) is 15.6 Å². The molecule has 0 aromatic heterocycles. The minimum atomic E-state index is -0.753. The summed E-state index contributed by atoms with van der Waals surface area (Å²) in [5.41, 5.74) is -0.0376. The maximum absolute atomic E-state index is 13.1. The first-order valence-corrected chi connectivity index (χ1v) is 3.94. The topological polar surface area (TPSA) is 17.1 Å². The van der Waals surface area contributed by atoms with Gasteiger partial charge in [0.15, 0.2) is 11.6 Å². The fraction of sp³-hybridized carbons (Fsp3) is 0.125. The molecule has 0 amide bonds. The Labute approximate surface area is 79.1 Å². The molecule has 1 aromatic rings. The van der Waals surface area contributed by atoms with Crippen LogP contribution in [0.2, 0.25) is 10.0 Å². The number of carbonyl (C=O) groups excluding carboxylic acids is 1. The van der Waals surface area contributed by atoms with Gasteiger partial charge in [0.25, 0.3) is 0 Å². The van der Waals surface area contributed by atoms with Crippen molar-refractivity contribution in [3.8, 4) is 0 Å². The van der Waals surface area contributed by atoms with E-state index in [1.54, 1.807) is 0 Å². The van der Waals surface area contributed by atoms with Crippen molar-refractivity contribution in [2.75, 3.05) is 0 Å². The van der Waals surface area contributed by atoms with Gasteiger partial charge in [-0.25, -0.2) is 4.39 Å². The van der Waals surface area contributed by atoms with Gasteiger partial charge in [-0.1, -0.05) is 23.2 Å². The molecule has 0 aliphatic carbocycles. The lowest BCUT2D eigenvalue weighted by Gasteiger charge is -2.01. The van der Waals surface area contributed by atoms with Crippen molar-refractivity contribution in [3.63, 3.8) is 0 Å². The molecule has 0 N–H and O–H groups in total. The average Bonchev–Trinajstić information content (AvgIpc) is 2.00. The second-order valence-electron chi connectivity index (χ2n) is 2.28. The number of carbonyl (C=O) groups is 1. The van der Waals surface area contributed by atoms with E-state index in [-0.39, 0.29) is 21.4 Å². The molecule has 0 saturated carbocycles. The smallest absolute Gasteiger partial charge is 0.162 e. The Morgan fingerprint density at radius 3 is 2.50 bits per heavy atom. The average molecular weight is 207 g/mol. The summed E-state index contributed by atoms with van der Waals surface area (Å²) in [6.07, 6.45) is 0. The molecule has 64 valence electrons. The summed E-state index contributed by atoms with van der Waals surface area (Å²) in [5, 5.41) is -0.0940. The van der Waals surface area contributed by atoms with Crippen LogP contribution >= 0.6 is 23.2 Å². The van der Waals surface area contributed by atoms with Crippen molar-refractivity contribution in [1.29, 1.82) is 0 Å². The van der Waals surface area contributed by atoms with Gasteiger partial charge in [-0.3, -0.25) is 4.79 Å². The van der Waals surface area contributed by atoms with E-state index < -0.39 is 5.82 Å². The first kappa shape index (κ1) is 9.49. The van der Waals surface area contributed by atoms with Gasteiger partial charge in [0, 0.05) is 0 Å². The molecule has 0 atom stereocenters. The standard InChI is InChI=1S/C8H5Cl2FO/c1-4(12)5-2-3-6(9)7(10)8(5)11/h2-3H,1H3. The Balaban J connectivity index is 3.36. The molecule has 0 bridgehead atoms. The zero-order chi connectivity index (χ0) is 9.30. The molecule has 1 nitrogen and oxygen atoms in total. The Morgan fingerprint density at radius 1 is 1.42 bits per heavy atom. The summed E-state index contributed by atoms with van der Waals surface area (Å²) in [4.78, 5) is 10.8. The van der Waals surface area contributed by atoms with Crippen LogP contribution in [0.15, 0.2) is 12.1 Å². The van der Waals surface area contributed by atoms with Crippen LogP contribution in [0.4, 0.5) is 4.39 Å². The molecule has 4 heteroatoms. The molecule has 0 radical (unpaired) electrons. The highest BCUT2D eigenvalue weighted by Crippen LogP contribution is 2.27. The monoisotopic (exact) mass is 206 g/mol. The first-order valence-electron chi connectivity index (χ1n) is 3.18. The van der Waals surface area contributed by atoms with Crippen LogP contribution < -0.4 is 0 Å². The summed E-state index contributed by atoms with van der Waals surface area (Å²) in [6, 6.07) is 2.70. The van der Waals surface area contributed by atoms with Crippen molar-refractivity contribution in [1.82, 2.24) is 0 Å². The van der Waals surface area contributed by atoms with Crippen molar-refractivity contribution in [2.45, 2.75) is 6.92 Å². The van der Waals surface area contributed by atoms with Crippen molar-refractivity contribution in [3.05, 3.63) is 33.6 Å². The molecule has 1 aromatic carbocycles. The van der Waals surface area contributed by atoms with Gasteiger partial charge in [0.1, 0.15) is 0 Å². The summed E-state index contributed by atoms with van der Waals surface area (Å²) < 4.78 is 13.1.